The van der Waals surface area contributed by atoms with E-state index in [0.717, 1.165) is 22.3 Å². The third-order valence-electron chi connectivity index (χ3n) is 4.04. The molecule has 4 rings (SSSR count). The summed E-state index contributed by atoms with van der Waals surface area (Å²) < 4.78 is 1.85. The topological polar surface area (TPSA) is 111 Å². The van der Waals surface area contributed by atoms with Crippen molar-refractivity contribution in [2.45, 2.75) is 6.92 Å². The summed E-state index contributed by atoms with van der Waals surface area (Å²) in [6.45, 7) is 1.94. The maximum atomic E-state index is 10.9. The highest BCUT2D eigenvalue weighted by Crippen LogP contribution is 2.29. The van der Waals surface area contributed by atoms with Crippen molar-refractivity contribution in [1.29, 1.82) is 0 Å². The second-order valence-corrected chi connectivity index (χ2v) is 5.78. The minimum atomic E-state index is 0.340. The molecule has 26 heavy (non-hydrogen) atoms. The van der Waals surface area contributed by atoms with Gasteiger partial charge in [0.2, 0.25) is 5.95 Å². The Hall–Kier alpha value is -3.81. The smallest absolute Gasteiger partial charge is 0.214 e. The predicted octanol–water partition coefficient (Wildman–Crippen LogP) is 3.85. The summed E-state index contributed by atoms with van der Waals surface area (Å²) in [6.07, 6.45) is 1.41. The van der Waals surface area contributed by atoms with E-state index >= 15 is 0 Å². The average Bonchev–Trinajstić information content (AvgIpc) is 3.01. The summed E-state index contributed by atoms with van der Waals surface area (Å²) in [5.74, 6) is 1.51. The lowest BCUT2D eigenvalue weighted by Crippen LogP contribution is -2.05. The number of anilines is 3. The van der Waals surface area contributed by atoms with Gasteiger partial charge in [0.15, 0.2) is 0 Å². The Balaban J connectivity index is 1.90. The van der Waals surface area contributed by atoms with Gasteiger partial charge in [-0.15, -0.1) is 4.91 Å². The van der Waals surface area contributed by atoms with E-state index in [0.29, 0.717) is 23.3 Å². The molecule has 0 spiro atoms. The highest BCUT2D eigenvalue weighted by Gasteiger charge is 2.15. The van der Waals surface area contributed by atoms with Crippen LogP contribution in [0, 0.1) is 11.8 Å². The summed E-state index contributed by atoms with van der Waals surface area (Å²) >= 11 is 0. The lowest BCUT2D eigenvalue weighted by molar-refractivity contribution is 1.00. The standard InChI is InChI=1S/C18H15N7O/c1-11-6-7-12(24-26)8-14(11)23-18-22-13-4-2-3-5-15(13)25(18)17-9-16(19)20-10-21-17/h2-10H,1H3,(H,22,23)(H2,19,20,21). The zero-order chi connectivity index (χ0) is 18.1. The SMILES string of the molecule is Cc1ccc(N=O)cc1Nc1nc2ccccc2n1-c1cc(N)ncn1. The largest absolute Gasteiger partial charge is 0.384 e. The zero-order valence-electron chi connectivity index (χ0n) is 13.9. The molecule has 8 heteroatoms. The van der Waals surface area contributed by atoms with Crippen molar-refractivity contribution in [3.05, 3.63) is 65.3 Å². The van der Waals surface area contributed by atoms with Crippen molar-refractivity contribution in [2.75, 3.05) is 11.1 Å². The number of aromatic nitrogens is 4. The van der Waals surface area contributed by atoms with Crippen LogP contribution in [0.3, 0.4) is 0 Å². The van der Waals surface area contributed by atoms with Gasteiger partial charge in [-0.2, -0.15) is 0 Å². The van der Waals surface area contributed by atoms with Crippen LogP contribution >= 0.6 is 0 Å². The fourth-order valence-electron chi connectivity index (χ4n) is 2.75. The summed E-state index contributed by atoms with van der Waals surface area (Å²) in [7, 11) is 0. The molecule has 0 amide bonds. The third kappa shape index (κ3) is 2.73. The number of hydrogen-bond acceptors (Lipinski definition) is 7. The van der Waals surface area contributed by atoms with Crippen LogP contribution in [-0.4, -0.2) is 19.5 Å². The lowest BCUT2D eigenvalue weighted by Gasteiger charge is -2.12. The number of hydrogen-bond donors (Lipinski definition) is 2. The van der Waals surface area contributed by atoms with Crippen molar-refractivity contribution in [3.8, 4) is 5.82 Å². The van der Waals surface area contributed by atoms with Crippen LogP contribution in [0.5, 0.6) is 0 Å². The molecule has 0 saturated heterocycles. The third-order valence-corrected chi connectivity index (χ3v) is 4.04. The first kappa shape index (κ1) is 15.7. The van der Waals surface area contributed by atoms with Crippen LogP contribution in [0.2, 0.25) is 0 Å². The zero-order valence-corrected chi connectivity index (χ0v) is 13.9. The van der Waals surface area contributed by atoms with E-state index in [9.17, 15) is 4.91 Å². The van der Waals surface area contributed by atoms with Crippen LogP contribution in [0.4, 0.5) is 23.1 Å². The van der Waals surface area contributed by atoms with E-state index in [-0.39, 0.29) is 0 Å². The lowest BCUT2D eigenvalue weighted by atomic mass is 10.2. The second kappa shape index (κ2) is 6.25. The molecule has 8 nitrogen and oxygen atoms in total. The Bertz CT molecular complexity index is 1120. The van der Waals surface area contributed by atoms with Gasteiger partial charge in [-0.05, 0) is 41.9 Å². The van der Waals surface area contributed by atoms with Gasteiger partial charge in [-0.25, -0.2) is 15.0 Å². The molecular weight excluding hydrogens is 330 g/mol. The minimum absolute atomic E-state index is 0.340. The van der Waals surface area contributed by atoms with E-state index in [1.807, 2.05) is 41.8 Å². The number of nitrogens with two attached hydrogens (primary N) is 1. The average molecular weight is 345 g/mol. The number of nitrogen functional groups attached to an aromatic ring is 1. The molecule has 0 aliphatic rings. The predicted molar refractivity (Wildman–Crippen MR) is 101 cm³/mol. The highest BCUT2D eigenvalue weighted by molar-refractivity contribution is 5.82. The van der Waals surface area contributed by atoms with Crippen molar-refractivity contribution >= 4 is 34.2 Å². The van der Waals surface area contributed by atoms with Gasteiger partial charge in [-0.1, -0.05) is 18.2 Å². The summed E-state index contributed by atoms with van der Waals surface area (Å²) in [5, 5.41) is 6.27. The fraction of sp³-hybridized carbons (Fsp3) is 0.0556. The Morgan fingerprint density at radius 2 is 1.96 bits per heavy atom. The molecule has 4 aromatic rings. The molecule has 128 valence electrons. The highest BCUT2D eigenvalue weighted by atomic mass is 16.3. The number of imidazole rings is 1. The normalized spacial score (nSPS) is 10.8. The number of para-hydroxylation sites is 2. The van der Waals surface area contributed by atoms with Gasteiger partial charge in [0, 0.05) is 11.8 Å². The van der Waals surface area contributed by atoms with Crippen LogP contribution in [0.25, 0.3) is 16.9 Å². The van der Waals surface area contributed by atoms with Crippen molar-refractivity contribution in [3.63, 3.8) is 0 Å². The van der Waals surface area contributed by atoms with Crippen molar-refractivity contribution in [2.24, 2.45) is 5.18 Å². The maximum absolute atomic E-state index is 10.9. The van der Waals surface area contributed by atoms with Gasteiger partial charge in [-0.3, -0.25) is 4.57 Å². The first-order valence-electron chi connectivity index (χ1n) is 7.92. The molecule has 0 atom stereocenters. The van der Waals surface area contributed by atoms with Crippen molar-refractivity contribution < 1.29 is 0 Å². The quantitative estimate of drug-likeness (QED) is 0.543. The molecule has 2 heterocycles. The number of nitroso groups, excluding NO2 is 1. The maximum Gasteiger partial charge on any atom is 0.214 e. The van der Waals surface area contributed by atoms with Gasteiger partial charge in [0.05, 0.1) is 11.0 Å². The Kier molecular flexibility index (Phi) is 3.77. The Morgan fingerprint density at radius 1 is 1.12 bits per heavy atom. The first-order valence-corrected chi connectivity index (χ1v) is 7.92. The molecule has 2 aromatic carbocycles. The molecule has 0 fully saturated rings. The van der Waals surface area contributed by atoms with Crippen LogP contribution in [0.1, 0.15) is 5.56 Å². The number of nitrogens with zero attached hydrogens (tertiary/aromatic N) is 5. The number of fused-ring (bicyclic) bond motifs is 1. The molecule has 0 radical (unpaired) electrons. The summed E-state index contributed by atoms with van der Waals surface area (Å²) in [5.41, 5.74) is 9.53. The van der Waals surface area contributed by atoms with E-state index < -0.39 is 0 Å². The molecule has 0 aliphatic carbocycles. The first-order chi connectivity index (χ1) is 12.7. The summed E-state index contributed by atoms with van der Waals surface area (Å²) in [4.78, 5) is 23.8. The van der Waals surface area contributed by atoms with E-state index in [1.54, 1.807) is 18.2 Å². The molecule has 0 saturated carbocycles. The molecule has 3 N–H and O–H groups in total. The summed E-state index contributed by atoms with van der Waals surface area (Å²) in [6, 6.07) is 14.6. The fourth-order valence-corrected chi connectivity index (χ4v) is 2.75. The molecule has 2 aromatic heterocycles. The Labute approximate surface area is 148 Å². The number of benzene rings is 2. The minimum Gasteiger partial charge on any atom is -0.384 e. The van der Waals surface area contributed by atoms with Crippen LogP contribution < -0.4 is 11.1 Å². The van der Waals surface area contributed by atoms with E-state index in [1.165, 1.54) is 6.33 Å². The van der Waals surface area contributed by atoms with Gasteiger partial charge >= 0.3 is 0 Å². The van der Waals surface area contributed by atoms with Crippen LogP contribution in [-0.2, 0) is 0 Å². The van der Waals surface area contributed by atoms with Gasteiger partial charge < -0.3 is 11.1 Å². The number of rotatable bonds is 4. The van der Waals surface area contributed by atoms with Gasteiger partial charge in [0.1, 0.15) is 23.7 Å². The molecule has 0 bridgehead atoms. The second-order valence-electron chi connectivity index (χ2n) is 5.78. The van der Waals surface area contributed by atoms with Gasteiger partial charge in [0.25, 0.3) is 0 Å². The molecular formula is C18H15N7O. The van der Waals surface area contributed by atoms with Crippen LogP contribution in [0.15, 0.2) is 60.0 Å². The molecule has 0 unspecified atom stereocenters. The monoisotopic (exact) mass is 345 g/mol. The number of aryl methyl sites for hydroxylation is 1. The Morgan fingerprint density at radius 3 is 2.77 bits per heavy atom. The van der Waals surface area contributed by atoms with Crippen molar-refractivity contribution in [1.82, 2.24) is 19.5 Å². The van der Waals surface area contributed by atoms with E-state index in [2.05, 4.69) is 25.4 Å². The van der Waals surface area contributed by atoms with E-state index in [4.69, 9.17) is 5.73 Å². The number of nitrogens with one attached hydrogen (secondary N) is 1. The molecule has 0 aliphatic heterocycles.